The lowest BCUT2D eigenvalue weighted by molar-refractivity contribution is -0.120. The Balaban J connectivity index is 2.84. The van der Waals surface area contributed by atoms with Crippen LogP contribution in [0.25, 0.3) is 0 Å². The third-order valence-corrected chi connectivity index (χ3v) is 3.08. The Morgan fingerprint density at radius 3 is 2.39 bits per heavy atom. The van der Waals surface area contributed by atoms with Crippen LogP contribution in [0.5, 0.6) is 0 Å². The Kier molecular flexibility index (Phi) is 4.48. The highest BCUT2D eigenvalue weighted by Crippen LogP contribution is 2.21. The Labute approximate surface area is 108 Å². The summed E-state index contributed by atoms with van der Waals surface area (Å²) in [5.74, 6) is -0.330. The molecule has 1 amide bonds. The van der Waals surface area contributed by atoms with E-state index < -0.39 is 0 Å². The van der Waals surface area contributed by atoms with Gasteiger partial charge in [-0.15, -0.1) is 0 Å². The highest BCUT2D eigenvalue weighted by molar-refractivity contribution is 5.97. The lowest BCUT2D eigenvalue weighted by Gasteiger charge is -2.18. The fourth-order valence-electron chi connectivity index (χ4n) is 1.99. The van der Waals surface area contributed by atoms with E-state index in [9.17, 15) is 4.79 Å². The Morgan fingerprint density at radius 2 is 1.83 bits per heavy atom. The monoisotopic (exact) mass is 247 g/mol. The Hall–Kier alpha value is -1.84. The number of hydrogen-bond acceptors (Lipinski definition) is 2. The molecule has 4 nitrogen and oxygen atoms in total. The number of hydrogen-bond donors (Lipinski definition) is 3. The number of carbonyl (C=O) groups is 1. The van der Waals surface area contributed by atoms with Gasteiger partial charge in [-0.1, -0.05) is 12.1 Å². The third-order valence-electron chi connectivity index (χ3n) is 3.08. The minimum Gasteiger partial charge on any atom is -0.387 e. The normalized spacial score (nSPS) is 12.0. The van der Waals surface area contributed by atoms with E-state index >= 15 is 0 Å². The van der Waals surface area contributed by atoms with E-state index in [4.69, 9.17) is 11.1 Å². The number of rotatable bonds is 4. The van der Waals surface area contributed by atoms with Crippen molar-refractivity contribution in [2.75, 3.05) is 0 Å². The maximum Gasteiger partial charge on any atom is 0.228 e. The van der Waals surface area contributed by atoms with Crippen LogP contribution >= 0.6 is 0 Å². The summed E-state index contributed by atoms with van der Waals surface area (Å²) in [7, 11) is 0. The Bertz CT molecular complexity index is 480. The summed E-state index contributed by atoms with van der Waals surface area (Å²) in [6.07, 6.45) is -0.0474. The summed E-state index contributed by atoms with van der Waals surface area (Å²) in [5, 5.41) is 9.95. The summed E-state index contributed by atoms with van der Waals surface area (Å²) in [6.45, 7) is 8.11. The van der Waals surface area contributed by atoms with Gasteiger partial charge in [0.2, 0.25) is 5.91 Å². The first-order valence-electron chi connectivity index (χ1n) is 6.01. The molecule has 0 aliphatic carbocycles. The molecule has 0 saturated carbocycles. The average Bonchev–Trinajstić information content (AvgIpc) is 2.21. The van der Waals surface area contributed by atoms with Crippen LogP contribution < -0.4 is 11.1 Å². The lowest BCUT2D eigenvalue weighted by atomic mass is 9.96. The molecule has 0 heterocycles. The van der Waals surface area contributed by atoms with E-state index in [2.05, 4.69) is 31.3 Å². The smallest absolute Gasteiger partial charge is 0.228 e. The summed E-state index contributed by atoms with van der Waals surface area (Å²) in [6, 6.07) is 4.15. The van der Waals surface area contributed by atoms with Crippen LogP contribution in [0.3, 0.4) is 0 Å². The minimum atomic E-state index is -0.215. The summed E-state index contributed by atoms with van der Waals surface area (Å²) in [5.41, 5.74) is 9.93. The first-order valence-corrected chi connectivity index (χ1v) is 6.01. The molecule has 0 aliphatic rings. The van der Waals surface area contributed by atoms with Crippen LogP contribution in [0.15, 0.2) is 12.1 Å². The van der Waals surface area contributed by atoms with E-state index in [0.717, 1.165) is 11.1 Å². The van der Waals surface area contributed by atoms with E-state index in [1.165, 1.54) is 11.1 Å². The number of nitrogens with one attached hydrogen (secondary N) is 2. The number of carbonyl (C=O) groups excluding carboxylic acids is 1. The van der Waals surface area contributed by atoms with Crippen molar-refractivity contribution in [2.24, 2.45) is 5.73 Å². The van der Waals surface area contributed by atoms with Crippen LogP contribution in [0, 0.1) is 26.2 Å². The highest BCUT2D eigenvalue weighted by atomic mass is 16.1. The summed E-state index contributed by atoms with van der Waals surface area (Å²) < 4.78 is 0. The molecule has 1 aromatic rings. The molecule has 0 radical (unpaired) electrons. The van der Waals surface area contributed by atoms with Crippen molar-refractivity contribution in [3.8, 4) is 0 Å². The molecule has 4 N–H and O–H groups in total. The largest absolute Gasteiger partial charge is 0.387 e. The van der Waals surface area contributed by atoms with E-state index in [1.54, 1.807) is 0 Å². The minimum absolute atomic E-state index is 0.0474. The molecule has 0 aromatic heterocycles. The van der Waals surface area contributed by atoms with E-state index in [0.29, 0.717) is 0 Å². The van der Waals surface area contributed by atoms with Gasteiger partial charge in [-0.25, -0.2) is 0 Å². The lowest BCUT2D eigenvalue weighted by Crippen LogP contribution is -2.30. The van der Waals surface area contributed by atoms with Crippen molar-refractivity contribution in [2.45, 2.75) is 40.2 Å². The predicted octanol–water partition coefficient (Wildman–Crippen LogP) is 2.12. The molecular formula is C14H21N3O. The topological polar surface area (TPSA) is 79.0 Å². The van der Waals surface area contributed by atoms with Gasteiger partial charge < -0.3 is 11.1 Å². The number of benzene rings is 1. The fraction of sp³-hybridized carbons (Fsp3) is 0.429. The number of amides is 1. The molecule has 0 fully saturated rings. The van der Waals surface area contributed by atoms with Gasteiger partial charge in [0.1, 0.15) is 0 Å². The zero-order valence-corrected chi connectivity index (χ0v) is 11.4. The number of amidine groups is 1. The Morgan fingerprint density at radius 1 is 1.28 bits per heavy atom. The van der Waals surface area contributed by atoms with E-state index in [-0.39, 0.29) is 24.2 Å². The van der Waals surface area contributed by atoms with Crippen LogP contribution in [0.2, 0.25) is 0 Å². The second-order valence-electron chi connectivity index (χ2n) is 4.78. The van der Waals surface area contributed by atoms with Gasteiger partial charge in [0.05, 0.1) is 18.3 Å². The van der Waals surface area contributed by atoms with Gasteiger partial charge in [0, 0.05) is 0 Å². The zero-order valence-electron chi connectivity index (χ0n) is 11.4. The predicted molar refractivity (Wildman–Crippen MR) is 73.7 cm³/mol. The molecule has 0 bridgehead atoms. The molecule has 0 saturated heterocycles. The van der Waals surface area contributed by atoms with Crippen molar-refractivity contribution in [3.05, 3.63) is 34.4 Å². The van der Waals surface area contributed by atoms with E-state index in [1.807, 2.05) is 13.8 Å². The number of nitrogens with two attached hydrogens (primary N) is 1. The molecule has 1 rings (SSSR count). The van der Waals surface area contributed by atoms with Crippen LogP contribution in [0.1, 0.15) is 41.6 Å². The summed E-state index contributed by atoms with van der Waals surface area (Å²) in [4.78, 5) is 11.6. The molecule has 0 spiro atoms. The van der Waals surface area contributed by atoms with Crippen molar-refractivity contribution >= 4 is 11.7 Å². The zero-order chi connectivity index (χ0) is 13.9. The van der Waals surface area contributed by atoms with Crippen molar-refractivity contribution < 1.29 is 4.79 Å². The quantitative estimate of drug-likeness (QED) is 0.563. The molecular weight excluding hydrogens is 226 g/mol. The molecule has 0 unspecified atom stereocenters. The maximum atomic E-state index is 11.6. The van der Waals surface area contributed by atoms with Crippen LogP contribution in [-0.2, 0) is 4.79 Å². The fourth-order valence-corrected chi connectivity index (χ4v) is 1.99. The van der Waals surface area contributed by atoms with Gasteiger partial charge in [0.25, 0.3) is 0 Å². The SMILES string of the molecule is Cc1cc(C)c([C@@H](C)NC(=O)CC(=N)N)cc1C. The van der Waals surface area contributed by atoms with Crippen molar-refractivity contribution in [3.63, 3.8) is 0 Å². The van der Waals surface area contributed by atoms with Crippen molar-refractivity contribution in [1.82, 2.24) is 5.32 Å². The summed E-state index contributed by atoms with van der Waals surface area (Å²) >= 11 is 0. The average molecular weight is 247 g/mol. The first-order chi connectivity index (χ1) is 8.31. The van der Waals surface area contributed by atoms with Gasteiger partial charge in [-0.05, 0) is 49.9 Å². The third kappa shape index (κ3) is 3.58. The van der Waals surface area contributed by atoms with Gasteiger partial charge in [-0.2, -0.15) is 0 Å². The van der Waals surface area contributed by atoms with Crippen LogP contribution in [-0.4, -0.2) is 11.7 Å². The number of aryl methyl sites for hydroxylation is 3. The second-order valence-corrected chi connectivity index (χ2v) is 4.78. The van der Waals surface area contributed by atoms with Gasteiger partial charge in [0.15, 0.2) is 0 Å². The molecule has 1 atom stereocenters. The van der Waals surface area contributed by atoms with Crippen LogP contribution in [0.4, 0.5) is 0 Å². The highest BCUT2D eigenvalue weighted by Gasteiger charge is 2.13. The first kappa shape index (κ1) is 14.2. The van der Waals surface area contributed by atoms with Gasteiger partial charge >= 0.3 is 0 Å². The van der Waals surface area contributed by atoms with Crippen molar-refractivity contribution in [1.29, 1.82) is 5.41 Å². The molecule has 18 heavy (non-hydrogen) atoms. The molecule has 4 heteroatoms. The second kappa shape index (κ2) is 5.67. The molecule has 98 valence electrons. The maximum absolute atomic E-state index is 11.6. The standard InChI is InChI=1S/C14H21N3O/c1-8-5-10(3)12(6-9(8)2)11(4)17-14(18)7-13(15)16/h5-6,11H,7H2,1-4H3,(H3,15,16)(H,17,18)/t11-/m1/s1. The molecule has 1 aromatic carbocycles. The molecule has 0 aliphatic heterocycles. The van der Waals surface area contributed by atoms with Gasteiger partial charge in [-0.3, -0.25) is 10.2 Å².